The van der Waals surface area contributed by atoms with Crippen LogP contribution in [-0.2, 0) is 11.3 Å². The highest BCUT2D eigenvalue weighted by molar-refractivity contribution is 6.30. The predicted octanol–water partition coefficient (Wildman–Crippen LogP) is 3.94. The van der Waals surface area contributed by atoms with Crippen LogP contribution in [0.1, 0.15) is 11.8 Å². The zero-order valence-electron chi connectivity index (χ0n) is 19.6. The molecule has 4 atom stereocenters. The summed E-state index contributed by atoms with van der Waals surface area (Å²) in [4.78, 5) is 13.0. The molecule has 1 fully saturated rings. The van der Waals surface area contributed by atoms with E-state index in [4.69, 9.17) is 26.1 Å². The van der Waals surface area contributed by atoms with Gasteiger partial charge in [-0.3, -0.25) is 0 Å². The van der Waals surface area contributed by atoms with Crippen LogP contribution in [0.5, 0.6) is 5.75 Å². The molecule has 0 aliphatic carbocycles. The molecule has 9 nitrogen and oxygen atoms in total. The van der Waals surface area contributed by atoms with E-state index in [1.54, 1.807) is 17.0 Å². The van der Waals surface area contributed by atoms with Crippen LogP contribution < -0.4 is 10.1 Å². The summed E-state index contributed by atoms with van der Waals surface area (Å²) in [6.45, 7) is 0.678. The van der Waals surface area contributed by atoms with Gasteiger partial charge in [-0.15, -0.1) is 0 Å². The fourth-order valence-electron chi connectivity index (χ4n) is 4.46. The summed E-state index contributed by atoms with van der Waals surface area (Å²) in [5.41, 5.74) is 2.48. The van der Waals surface area contributed by atoms with Crippen LogP contribution in [0.2, 0.25) is 5.02 Å². The number of benzene rings is 2. The third-order valence-electron chi connectivity index (χ3n) is 6.45. The molecule has 6 rings (SSSR count). The van der Waals surface area contributed by atoms with Crippen LogP contribution in [0, 0.1) is 0 Å². The fraction of sp³-hybridized carbons (Fsp3) is 0.222. The van der Waals surface area contributed by atoms with Crippen molar-refractivity contribution in [2.75, 3.05) is 11.9 Å². The quantitative estimate of drug-likeness (QED) is 0.297. The van der Waals surface area contributed by atoms with Gasteiger partial charge in [-0.25, -0.2) is 15.0 Å². The summed E-state index contributed by atoms with van der Waals surface area (Å²) in [5, 5.41) is 27.1. The maximum Gasteiger partial charge on any atom is 0.164 e. The van der Waals surface area contributed by atoms with Gasteiger partial charge in [0.2, 0.25) is 0 Å². The summed E-state index contributed by atoms with van der Waals surface area (Å²) in [6.07, 6.45) is 1.11. The first-order valence-electron chi connectivity index (χ1n) is 11.9. The largest absolute Gasteiger partial charge is 0.491 e. The smallest absolute Gasteiger partial charge is 0.164 e. The second kappa shape index (κ2) is 9.95. The Morgan fingerprint density at radius 1 is 1.00 bits per heavy atom. The lowest BCUT2D eigenvalue weighted by molar-refractivity contribution is -0.0471. The SMILES string of the molecule is O[C@@H]1[C@H](O)[C@@H](COc2ccc3ccc(NCc4ccc(Cl)cc4)nc3c2)O[C@H]1n1ccc2cncnc21. The third-order valence-corrected chi connectivity index (χ3v) is 6.71. The molecule has 0 bridgehead atoms. The van der Waals surface area contributed by atoms with Crippen LogP contribution in [-0.4, -0.2) is 54.7 Å². The van der Waals surface area contributed by atoms with Crippen molar-refractivity contribution in [3.05, 3.63) is 90.0 Å². The molecule has 1 aliphatic heterocycles. The van der Waals surface area contributed by atoms with Gasteiger partial charge in [0, 0.05) is 40.8 Å². The van der Waals surface area contributed by atoms with E-state index in [0.29, 0.717) is 23.0 Å². The number of aliphatic hydroxyl groups is 2. The standard InChI is InChI=1S/C27H24ClN5O4/c28-19-5-1-16(2-6-19)12-30-23-8-4-17-3-7-20(11-21(17)32-23)36-14-22-24(34)25(35)27(37-22)33-10-9-18-13-29-15-31-26(18)33/h1-11,13,15,22,24-25,27,34-35H,12,14H2,(H,30,32)/t22-,24-,25-,27-/m1/s1. The molecule has 0 amide bonds. The Kier molecular flexibility index (Phi) is 6.35. The highest BCUT2D eigenvalue weighted by Crippen LogP contribution is 2.32. The Morgan fingerprint density at radius 3 is 2.70 bits per heavy atom. The van der Waals surface area contributed by atoms with Crippen molar-refractivity contribution >= 4 is 39.4 Å². The molecule has 1 saturated heterocycles. The first kappa shape index (κ1) is 23.6. The van der Waals surface area contributed by atoms with Gasteiger partial charge in [0.15, 0.2) is 6.23 Å². The van der Waals surface area contributed by atoms with E-state index in [2.05, 4.69) is 15.3 Å². The fourth-order valence-corrected chi connectivity index (χ4v) is 4.58. The zero-order chi connectivity index (χ0) is 25.4. The van der Waals surface area contributed by atoms with E-state index in [0.717, 1.165) is 27.7 Å². The number of anilines is 1. The van der Waals surface area contributed by atoms with Gasteiger partial charge in [-0.05, 0) is 48.0 Å². The molecule has 3 N–H and O–H groups in total. The second-order valence-corrected chi connectivity index (χ2v) is 9.35. The molecule has 37 heavy (non-hydrogen) atoms. The van der Waals surface area contributed by atoms with Crippen molar-refractivity contribution in [1.29, 1.82) is 0 Å². The highest BCUT2D eigenvalue weighted by atomic mass is 35.5. The van der Waals surface area contributed by atoms with Crippen molar-refractivity contribution in [1.82, 2.24) is 19.5 Å². The number of nitrogens with zero attached hydrogens (tertiary/aromatic N) is 4. The Labute approximate surface area is 217 Å². The van der Waals surface area contributed by atoms with Gasteiger partial charge in [-0.1, -0.05) is 23.7 Å². The van der Waals surface area contributed by atoms with Crippen LogP contribution in [0.4, 0.5) is 5.82 Å². The molecule has 2 aromatic carbocycles. The van der Waals surface area contributed by atoms with Crippen LogP contribution in [0.15, 0.2) is 79.4 Å². The number of hydrogen-bond donors (Lipinski definition) is 3. The van der Waals surface area contributed by atoms with Crippen LogP contribution in [0.3, 0.4) is 0 Å². The minimum absolute atomic E-state index is 0.0585. The highest BCUT2D eigenvalue weighted by Gasteiger charge is 2.44. The van der Waals surface area contributed by atoms with Crippen molar-refractivity contribution in [3.63, 3.8) is 0 Å². The second-order valence-electron chi connectivity index (χ2n) is 8.91. The Bertz CT molecular complexity index is 1540. The van der Waals surface area contributed by atoms with Gasteiger partial charge in [0.1, 0.15) is 48.5 Å². The summed E-state index contributed by atoms with van der Waals surface area (Å²) < 4.78 is 13.6. The maximum absolute atomic E-state index is 10.7. The number of aliphatic hydroxyl groups excluding tert-OH is 2. The molecular weight excluding hydrogens is 494 g/mol. The minimum Gasteiger partial charge on any atom is -0.491 e. The summed E-state index contributed by atoms with van der Waals surface area (Å²) in [5.74, 6) is 1.32. The third kappa shape index (κ3) is 4.82. The molecule has 5 aromatic rings. The van der Waals surface area contributed by atoms with Crippen molar-refractivity contribution < 1.29 is 19.7 Å². The lowest BCUT2D eigenvalue weighted by Gasteiger charge is -2.17. The maximum atomic E-state index is 10.7. The molecule has 3 aromatic heterocycles. The van der Waals surface area contributed by atoms with E-state index in [1.165, 1.54) is 6.33 Å². The summed E-state index contributed by atoms with van der Waals surface area (Å²) in [6, 6.07) is 19.0. The molecule has 10 heteroatoms. The number of pyridine rings is 1. The van der Waals surface area contributed by atoms with Crippen LogP contribution in [0.25, 0.3) is 21.9 Å². The summed E-state index contributed by atoms with van der Waals surface area (Å²) in [7, 11) is 0. The van der Waals surface area contributed by atoms with E-state index >= 15 is 0 Å². The van der Waals surface area contributed by atoms with Gasteiger partial charge < -0.3 is 29.6 Å². The number of fused-ring (bicyclic) bond motifs is 2. The average molecular weight is 518 g/mol. The number of rotatable bonds is 7. The van der Waals surface area contributed by atoms with Gasteiger partial charge in [-0.2, -0.15) is 0 Å². The van der Waals surface area contributed by atoms with E-state index in [9.17, 15) is 10.2 Å². The molecule has 0 spiro atoms. The molecule has 188 valence electrons. The number of hydrogen-bond acceptors (Lipinski definition) is 8. The van der Waals surface area contributed by atoms with Gasteiger partial charge in [0.05, 0.1) is 5.52 Å². The number of nitrogens with one attached hydrogen (secondary N) is 1. The lowest BCUT2D eigenvalue weighted by Crippen LogP contribution is -2.34. The zero-order valence-corrected chi connectivity index (χ0v) is 20.4. The molecule has 4 heterocycles. The number of ether oxygens (including phenoxy) is 2. The Hall–Kier alpha value is -3.76. The number of halogens is 1. The van der Waals surface area contributed by atoms with Gasteiger partial charge >= 0.3 is 0 Å². The Morgan fingerprint density at radius 2 is 1.84 bits per heavy atom. The number of aromatic nitrogens is 4. The molecule has 0 unspecified atom stereocenters. The first-order chi connectivity index (χ1) is 18.0. The lowest BCUT2D eigenvalue weighted by atomic mass is 10.1. The van der Waals surface area contributed by atoms with E-state index in [-0.39, 0.29) is 6.61 Å². The average Bonchev–Trinajstić information content (AvgIpc) is 3.47. The minimum atomic E-state index is -1.13. The topological polar surface area (TPSA) is 115 Å². The normalized spacial score (nSPS) is 21.5. The molecule has 0 saturated carbocycles. The molecular formula is C27H24ClN5O4. The summed E-state index contributed by atoms with van der Waals surface area (Å²) >= 11 is 5.96. The van der Waals surface area contributed by atoms with Gasteiger partial charge in [0.25, 0.3) is 0 Å². The van der Waals surface area contributed by atoms with E-state index < -0.39 is 24.5 Å². The van der Waals surface area contributed by atoms with Crippen LogP contribution >= 0.6 is 11.6 Å². The van der Waals surface area contributed by atoms with Crippen molar-refractivity contribution in [3.8, 4) is 5.75 Å². The van der Waals surface area contributed by atoms with Crippen molar-refractivity contribution in [2.24, 2.45) is 0 Å². The Balaban J connectivity index is 1.13. The molecule has 1 aliphatic rings. The monoisotopic (exact) mass is 517 g/mol. The molecule has 0 radical (unpaired) electrons. The van der Waals surface area contributed by atoms with E-state index in [1.807, 2.05) is 60.7 Å². The first-order valence-corrected chi connectivity index (χ1v) is 12.2. The van der Waals surface area contributed by atoms with Crippen molar-refractivity contribution in [2.45, 2.75) is 31.1 Å². The predicted molar refractivity (Wildman–Crippen MR) is 139 cm³/mol.